The van der Waals surface area contributed by atoms with Crippen molar-refractivity contribution in [2.24, 2.45) is 23.6 Å². The fourth-order valence-electron chi connectivity index (χ4n) is 2.90. The summed E-state index contributed by atoms with van der Waals surface area (Å²) in [7, 11) is 0. The zero-order chi connectivity index (χ0) is 7.84. The number of nitrogens with one attached hydrogen (secondary N) is 1. The molecule has 2 aliphatic rings. The Morgan fingerprint density at radius 3 is 2.27 bits per heavy atom. The summed E-state index contributed by atoms with van der Waals surface area (Å²) in [5.41, 5.74) is 2.88. The molecule has 0 aliphatic heterocycles. The van der Waals surface area contributed by atoms with Crippen LogP contribution in [0, 0.1) is 17.8 Å². The van der Waals surface area contributed by atoms with Gasteiger partial charge in [0.25, 0.3) is 0 Å². The maximum atomic E-state index is 5.42. The molecule has 0 radical (unpaired) electrons. The van der Waals surface area contributed by atoms with E-state index < -0.39 is 0 Å². The summed E-state index contributed by atoms with van der Waals surface area (Å²) in [4.78, 5) is 0. The van der Waals surface area contributed by atoms with Crippen LogP contribution < -0.4 is 11.3 Å². The summed E-state index contributed by atoms with van der Waals surface area (Å²) in [6.07, 6.45) is 5.83. The molecule has 11 heavy (non-hydrogen) atoms. The summed E-state index contributed by atoms with van der Waals surface area (Å²) in [6.45, 7) is 2.21. The lowest BCUT2D eigenvalue weighted by Crippen LogP contribution is -2.34. The highest BCUT2D eigenvalue weighted by molar-refractivity contribution is 5.02. The van der Waals surface area contributed by atoms with E-state index in [1.807, 2.05) is 0 Å². The van der Waals surface area contributed by atoms with Crippen LogP contribution in [0.1, 0.15) is 32.6 Å². The van der Waals surface area contributed by atoms with Gasteiger partial charge in [0.1, 0.15) is 0 Å². The summed E-state index contributed by atoms with van der Waals surface area (Å²) in [5, 5.41) is 0. The van der Waals surface area contributed by atoms with Gasteiger partial charge < -0.3 is 0 Å². The van der Waals surface area contributed by atoms with Gasteiger partial charge in [-0.15, -0.1) is 0 Å². The predicted molar refractivity (Wildman–Crippen MR) is 45.7 cm³/mol. The first-order valence-corrected chi connectivity index (χ1v) is 4.80. The summed E-state index contributed by atoms with van der Waals surface area (Å²) in [5.74, 6) is 8.37. The monoisotopic (exact) mass is 154 g/mol. The molecule has 0 aromatic heterocycles. The van der Waals surface area contributed by atoms with E-state index in [9.17, 15) is 0 Å². The molecule has 3 N–H and O–H groups in total. The molecule has 0 bridgehead atoms. The zero-order valence-electron chi connectivity index (χ0n) is 7.22. The number of hydrogen-bond donors (Lipinski definition) is 2. The van der Waals surface area contributed by atoms with Crippen LogP contribution in [-0.4, -0.2) is 6.04 Å². The Labute approximate surface area is 68.5 Å². The van der Waals surface area contributed by atoms with Crippen LogP contribution in [0.25, 0.3) is 0 Å². The van der Waals surface area contributed by atoms with Gasteiger partial charge in [-0.1, -0.05) is 12.8 Å². The van der Waals surface area contributed by atoms with Crippen molar-refractivity contribution in [3.63, 3.8) is 0 Å². The largest absolute Gasteiger partial charge is 0.271 e. The van der Waals surface area contributed by atoms with E-state index in [0.717, 1.165) is 17.8 Å². The van der Waals surface area contributed by atoms with Crippen molar-refractivity contribution in [3.8, 4) is 0 Å². The molecule has 64 valence electrons. The van der Waals surface area contributed by atoms with E-state index in [4.69, 9.17) is 5.84 Å². The van der Waals surface area contributed by atoms with Crippen molar-refractivity contribution in [1.29, 1.82) is 0 Å². The lowest BCUT2D eigenvalue weighted by molar-refractivity contribution is 0.472. The molecule has 3 unspecified atom stereocenters. The van der Waals surface area contributed by atoms with Crippen molar-refractivity contribution >= 4 is 0 Å². The van der Waals surface area contributed by atoms with E-state index in [1.54, 1.807) is 0 Å². The molecule has 2 nitrogen and oxygen atoms in total. The van der Waals surface area contributed by atoms with E-state index in [-0.39, 0.29) is 0 Å². The minimum absolute atomic E-state index is 0.545. The quantitative estimate of drug-likeness (QED) is 0.464. The zero-order valence-corrected chi connectivity index (χ0v) is 7.22. The Kier molecular flexibility index (Phi) is 1.90. The average Bonchev–Trinajstić information content (AvgIpc) is 2.77. The highest BCUT2D eigenvalue weighted by atomic mass is 15.2. The van der Waals surface area contributed by atoms with Crippen LogP contribution in [0.15, 0.2) is 0 Å². The maximum absolute atomic E-state index is 5.42. The van der Waals surface area contributed by atoms with Crippen molar-refractivity contribution in [1.82, 2.24) is 5.43 Å². The average molecular weight is 154 g/mol. The molecule has 2 rings (SSSR count). The topological polar surface area (TPSA) is 38.0 Å². The van der Waals surface area contributed by atoms with Crippen LogP contribution in [0.4, 0.5) is 0 Å². The van der Waals surface area contributed by atoms with Gasteiger partial charge in [-0.3, -0.25) is 11.3 Å². The minimum atomic E-state index is 0.545. The van der Waals surface area contributed by atoms with Gasteiger partial charge in [0.05, 0.1) is 0 Å². The fraction of sp³-hybridized carbons (Fsp3) is 1.00. The highest BCUT2D eigenvalue weighted by Crippen LogP contribution is 2.56. The van der Waals surface area contributed by atoms with Crippen LogP contribution in [0.2, 0.25) is 0 Å². The van der Waals surface area contributed by atoms with E-state index in [1.165, 1.54) is 25.7 Å². The molecule has 0 aromatic rings. The molecule has 0 saturated heterocycles. The van der Waals surface area contributed by atoms with Crippen molar-refractivity contribution in [2.75, 3.05) is 0 Å². The molecule has 2 saturated carbocycles. The second-order valence-corrected chi connectivity index (χ2v) is 4.14. The van der Waals surface area contributed by atoms with Crippen LogP contribution in [0.5, 0.6) is 0 Å². The van der Waals surface area contributed by atoms with E-state index in [0.29, 0.717) is 6.04 Å². The van der Waals surface area contributed by atoms with Crippen LogP contribution in [0.3, 0.4) is 0 Å². The molecular formula is C9H18N2. The van der Waals surface area contributed by atoms with E-state index in [2.05, 4.69) is 12.3 Å². The number of rotatable bonds is 2. The maximum Gasteiger partial charge on any atom is 0.0216 e. The SMILES string of the molecule is CC(NN)C1C2CCCCC21. The smallest absolute Gasteiger partial charge is 0.0216 e. The molecule has 3 atom stereocenters. The highest BCUT2D eigenvalue weighted by Gasteiger charge is 2.52. The Hall–Kier alpha value is -0.0800. The molecule has 2 fully saturated rings. The normalized spacial score (nSPS) is 44.7. The number of fused-ring (bicyclic) bond motifs is 1. The standard InChI is InChI=1S/C9H18N2/c1-6(11-10)9-7-4-2-3-5-8(7)9/h6-9,11H,2-5,10H2,1H3. The molecular weight excluding hydrogens is 136 g/mol. The van der Waals surface area contributed by atoms with Gasteiger partial charge in [-0.25, -0.2) is 0 Å². The summed E-state index contributed by atoms with van der Waals surface area (Å²) in [6, 6.07) is 0.545. The Balaban J connectivity index is 1.89. The van der Waals surface area contributed by atoms with Gasteiger partial charge in [0.15, 0.2) is 0 Å². The molecule has 2 heteroatoms. The van der Waals surface area contributed by atoms with Gasteiger partial charge in [0.2, 0.25) is 0 Å². The van der Waals surface area contributed by atoms with Crippen molar-refractivity contribution in [3.05, 3.63) is 0 Å². The van der Waals surface area contributed by atoms with E-state index >= 15 is 0 Å². The summed E-state index contributed by atoms with van der Waals surface area (Å²) < 4.78 is 0. The molecule has 0 heterocycles. The van der Waals surface area contributed by atoms with Gasteiger partial charge in [0, 0.05) is 6.04 Å². The first kappa shape index (κ1) is 7.56. The molecule has 2 aliphatic carbocycles. The van der Waals surface area contributed by atoms with Gasteiger partial charge in [-0.2, -0.15) is 0 Å². The first-order chi connectivity index (χ1) is 5.34. The molecule has 0 spiro atoms. The third-order valence-corrected chi connectivity index (χ3v) is 3.56. The van der Waals surface area contributed by atoms with Gasteiger partial charge >= 0.3 is 0 Å². The lowest BCUT2D eigenvalue weighted by atomic mass is 10.0. The third-order valence-electron chi connectivity index (χ3n) is 3.56. The number of hydrazine groups is 1. The third kappa shape index (κ3) is 1.18. The lowest BCUT2D eigenvalue weighted by Gasteiger charge is -2.07. The predicted octanol–water partition coefficient (Wildman–Crippen LogP) is 1.27. The number of nitrogens with two attached hydrogens (primary N) is 1. The Morgan fingerprint density at radius 2 is 1.82 bits per heavy atom. The Morgan fingerprint density at radius 1 is 1.27 bits per heavy atom. The van der Waals surface area contributed by atoms with Crippen LogP contribution >= 0.6 is 0 Å². The second-order valence-electron chi connectivity index (χ2n) is 4.14. The first-order valence-electron chi connectivity index (χ1n) is 4.80. The second kappa shape index (κ2) is 2.76. The van der Waals surface area contributed by atoms with Crippen LogP contribution in [-0.2, 0) is 0 Å². The molecule has 0 aromatic carbocycles. The minimum Gasteiger partial charge on any atom is -0.271 e. The molecule has 0 amide bonds. The summed E-state index contributed by atoms with van der Waals surface area (Å²) >= 11 is 0. The fourth-order valence-corrected chi connectivity index (χ4v) is 2.90. The Bertz CT molecular complexity index is 134. The van der Waals surface area contributed by atoms with Crippen molar-refractivity contribution in [2.45, 2.75) is 38.6 Å². The van der Waals surface area contributed by atoms with Crippen molar-refractivity contribution < 1.29 is 0 Å². The van der Waals surface area contributed by atoms with Gasteiger partial charge in [-0.05, 0) is 37.5 Å². The number of hydrogen-bond acceptors (Lipinski definition) is 2.